The molecule has 2 aromatic heterocycles. The minimum atomic E-state index is -0.442. The lowest BCUT2D eigenvalue weighted by Crippen LogP contribution is -2.43. The fourth-order valence-corrected chi connectivity index (χ4v) is 4.17. The van der Waals surface area contributed by atoms with Gasteiger partial charge in [0.05, 0.1) is 5.69 Å². The number of amides is 2. The summed E-state index contributed by atoms with van der Waals surface area (Å²) in [6.45, 7) is 5.50. The Labute approximate surface area is 165 Å². The van der Waals surface area contributed by atoms with Crippen LogP contribution in [0.15, 0.2) is 35.0 Å². The van der Waals surface area contributed by atoms with Gasteiger partial charge in [-0.25, -0.2) is 4.98 Å². The molecule has 0 spiro atoms. The summed E-state index contributed by atoms with van der Waals surface area (Å²) < 4.78 is 5.47. The van der Waals surface area contributed by atoms with Gasteiger partial charge in [0.15, 0.2) is 6.61 Å². The molecular weight excluding hydrogens is 382 g/mol. The molecular formula is C19H19N3O3S2. The summed E-state index contributed by atoms with van der Waals surface area (Å²) in [6, 6.07) is 7.68. The van der Waals surface area contributed by atoms with E-state index >= 15 is 0 Å². The molecule has 3 aromatic rings. The van der Waals surface area contributed by atoms with Gasteiger partial charge in [0.2, 0.25) is 0 Å². The molecule has 0 aliphatic rings. The van der Waals surface area contributed by atoms with Crippen LogP contribution in [0, 0.1) is 20.8 Å². The molecule has 0 radical (unpaired) electrons. The maximum Gasteiger partial charge on any atom is 0.281 e. The number of aryl methyl sites for hydroxylation is 3. The number of thiophene rings is 1. The van der Waals surface area contributed by atoms with Crippen LogP contribution in [0.4, 0.5) is 0 Å². The van der Waals surface area contributed by atoms with E-state index in [-0.39, 0.29) is 6.61 Å². The normalized spacial score (nSPS) is 10.5. The number of nitrogens with zero attached hydrogens (tertiary/aromatic N) is 1. The molecule has 8 heteroatoms. The lowest BCUT2D eigenvalue weighted by Gasteiger charge is -2.09. The number of benzene rings is 1. The number of aromatic nitrogens is 1. The van der Waals surface area contributed by atoms with Crippen molar-refractivity contribution >= 4 is 34.5 Å². The lowest BCUT2D eigenvalue weighted by atomic mass is 10.1. The van der Waals surface area contributed by atoms with Crippen molar-refractivity contribution in [2.75, 3.05) is 6.61 Å². The van der Waals surface area contributed by atoms with E-state index in [4.69, 9.17) is 4.74 Å². The number of ether oxygens (including phenoxy) is 1. The Kier molecular flexibility index (Phi) is 5.88. The zero-order valence-corrected chi connectivity index (χ0v) is 16.8. The molecule has 0 aliphatic carbocycles. The van der Waals surface area contributed by atoms with Crippen LogP contribution in [-0.2, 0) is 4.79 Å². The van der Waals surface area contributed by atoms with Gasteiger partial charge in [0.1, 0.15) is 15.6 Å². The first-order valence-electron chi connectivity index (χ1n) is 8.22. The van der Waals surface area contributed by atoms with Gasteiger partial charge in [-0.2, -0.15) is 11.3 Å². The summed E-state index contributed by atoms with van der Waals surface area (Å²) in [4.78, 5) is 29.1. The second kappa shape index (κ2) is 8.32. The van der Waals surface area contributed by atoms with Gasteiger partial charge >= 0.3 is 0 Å². The molecule has 0 atom stereocenters. The largest absolute Gasteiger partial charge is 0.484 e. The van der Waals surface area contributed by atoms with Crippen molar-refractivity contribution in [1.29, 1.82) is 0 Å². The van der Waals surface area contributed by atoms with Gasteiger partial charge in [-0.15, -0.1) is 11.3 Å². The Morgan fingerprint density at radius 1 is 1.11 bits per heavy atom. The molecule has 0 saturated heterocycles. The fraction of sp³-hybridized carbons (Fsp3) is 0.211. The first kappa shape index (κ1) is 19.1. The SMILES string of the molecule is Cc1cc(C)cc(OCC(=O)NNC(=O)c2sc(-c3ccsc3)nc2C)c1. The first-order valence-corrected chi connectivity index (χ1v) is 9.98. The number of hydrazine groups is 1. The minimum absolute atomic E-state index is 0.189. The Bertz CT molecular complexity index is 944. The smallest absolute Gasteiger partial charge is 0.281 e. The van der Waals surface area contributed by atoms with Gasteiger partial charge < -0.3 is 4.74 Å². The standard InChI is InChI=1S/C19H19N3O3S2/c1-11-6-12(2)8-15(7-11)25-9-16(23)21-22-18(24)17-13(3)20-19(27-17)14-4-5-26-10-14/h4-8,10H,9H2,1-3H3,(H,21,23)(H,22,24). The summed E-state index contributed by atoms with van der Waals surface area (Å²) in [5.41, 5.74) is 8.50. The maximum absolute atomic E-state index is 12.3. The molecule has 0 fully saturated rings. The topological polar surface area (TPSA) is 80.3 Å². The third-order valence-corrected chi connectivity index (χ3v) is 5.54. The quantitative estimate of drug-likeness (QED) is 0.640. The average molecular weight is 402 g/mol. The number of nitrogens with one attached hydrogen (secondary N) is 2. The van der Waals surface area contributed by atoms with Crippen LogP contribution in [-0.4, -0.2) is 23.4 Å². The summed E-state index contributed by atoms with van der Waals surface area (Å²) >= 11 is 2.86. The van der Waals surface area contributed by atoms with Crippen molar-refractivity contribution < 1.29 is 14.3 Å². The van der Waals surface area contributed by atoms with E-state index in [1.165, 1.54) is 11.3 Å². The zero-order chi connectivity index (χ0) is 19.4. The van der Waals surface area contributed by atoms with Gasteiger partial charge in [0, 0.05) is 10.9 Å². The number of carbonyl (C=O) groups is 2. The number of hydrogen-bond donors (Lipinski definition) is 2. The fourth-order valence-electron chi connectivity index (χ4n) is 2.50. The highest BCUT2D eigenvalue weighted by atomic mass is 32.1. The third kappa shape index (κ3) is 4.93. The van der Waals surface area contributed by atoms with Crippen molar-refractivity contribution in [3.8, 4) is 16.3 Å². The summed E-state index contributed by atoms with van der Waals surface area (Å²) in [6.07, 6.45) is 0. The Morgan fingerprint density at radius 2 is 1.85 bits per heavy atom. The van der Waals surface area contributed by atoms with E-state index in [1.54, 1.807) is 18.3 Å². The molecule has 0 bridgehead atoms. The van der Waals surface area contributed by atoms with E-state index in [9.17, 15) is 9.59 Å². The van der Waals surface area contributed by atoms with Crippen LogP contribution in [0.5, 0.6) is 5.75 Å². The van der Waals surface area contributed by atoms with Crippen molar-refractivity contribution in [2.45, 2.75) is 20.8 Å². The van der Waals surface area contributed by atoms with Crippen LogP contribution in [0.3, 0.4) is 0 Å². The number of rotatable bonds is 5. The van der Waals surface area contributed by atoms with Crippen molar-refractivity contribution in [2.24, 2.45) is 0 Å². The molecule has 3 rings (SSSR count). The summed E-state index contributed by atoms with van der Waals surface area (Å²) in [5.74, 6) is -0.221. The van der Waals surface area contributed by atoms with Crippen LogP contribution in [0.25, 0.3) is 10.6 Å². The zero-order valence-electron chi connectivity index (χ0n) is 15.2. The second-order valence-electron chi connectivity index (χ2n) is 6.06. The predicted octanol–water partition coefficient (Wildman–Crippen LogP) is 3.64. The van der Waals surface area contributed by atoms with Crippen LogP contribution in [0.1, 0.15) is 26.5 Å². The van der Waals surface area contributed by atoms with E-state index in [0.29, 0.717) is 16.3 Å². The van der Waals surface area contributed by atoms with Crippen LogP contribution in [0.2, 0.25) is 0 Å². The van der Waals surface area contributed by atoms with Crippen LogP contribution >= 0.6 is 22.7 Å². The monoisotopic (exact) mass is 401 g/mol. The van der Waals surface area contributed by atoms with Crippen LogP contribution < -0.4 is 15.6 Å². The average Bonchev–Trinajstić information content (AvgIpc) is 3.26. The molecule has 27 heavy (non-hydrogen) atoms. The van der Waals surface area contributed by atoms with Gasteiger partial charge in [-0.1, -0.05) is 6.07 Å². The van der Waals surface area contributed by atoms with Crippen molar-refractivity contribution in [3.63, 3.8) is 0 Å². The summed E-state index contributed by atoms with van der Waals surface area (Å²) in [5, 5.41) is 4.72. The molecule has 140 valence electrons. The molecule has 2 heterocycles. The first-order chi connectivity index (χ1) is 12.9. The molecule has 2 amide bonds. The predicted molar refractivity (Wildman–Crippen MR) is 107 cm³/mol. The van der Waals surface area contributed by atoms with E-state index in [2.05, 4.69) is 15.8 Å². The lowest BCUT2D eigenvalue weighted by molar-refractivity contribution is -0.123. The highest BCUT2D eigenvalue weighted by molar-refractivity contribution is 7.17. The van der Waals surface area contributed by atoms with Crippen molar-refractivity contribution in [1.82, 2.24) is 15.8 Å². The Morgan fingerprint density at radius 3 is 2.52 bits per heavy atom. The van der Waals surface area contributed by atoms with E-state index < -0.39 is 11.8 Å². The van der Waals surface area contributed by atoms with E-state index in [0.717, 1.165) is 21.7 Å². The number of thiazole rings is 1. The highest BCUT2D eigenvalue weighted by Crippen LogP contribution is 2.29. The number of carbonyl (C=O) groups excluding carboxylic acids is 2. The molecule has 2 N–H and O–H groups in total. The van der Waals surface area contributed by atoms with E-state index in [1.807, 2.05) is 48.9 Å². The van der Waals surface area contributed by atoms with Gasteiger partial charge in [0.25, 0.3) is 11.8 Å². The Balaban J connectivity index is 1.53. The molecule has 0 saturated carbocycles. The Hall–Kier alpha value is -2.71. The maximum atomic E-state index is 12.3. The molecule has 0 aliphatic heterocycles. The van der Waals surface area contributed by atoms with Gasteiger partial charge in [-0.05, 0) is 55.5 Å². The molecule has 6 nitrogen and oxygen atoms in total. The van der Waals surface area contributed by atoms with Crippen molar-refractivity contribution in [3.05, 3.63) is 56.7 Å². The highest BCUT2D eigenvalue weighted by Gasteiger charge is 2.17. The molecule has 1 aromatic carbocycles. The van der Waals surface area contributed by atoms with Gasteiger partial charge in [-0.3, -0.25) is 20.4 Å². The minimum Gasteiger partial charge on any atom is -0.484 e. The molecule has 0 unspecified atom stereocenters. The third-order valence-electron chi connectivity index (χ3n) is 3.65. The summed E-state index contributed by atoms with van der Waals surface area (Å²) in [7, 11) is 0. The number of hydrogen-bond acceptors (Lipinski definition) is 6. The second-order valence-corrected chi connectivity index (χ2v) is 7.84.